The van der Waals surface area contributed by atoms with Crippen molar-refractivity contribution in [1.82, 2.24) is 0 Å². The molecule has 0 saturated carbocycles. The first-order chi connectivity index (χ1) is 20.0. The second kappa shape index (κ2) is 13.3. The van der Waals surface area contributed by atoms with Gasteiger partial charge in [-0.2, -0.15) is 0 Å². The zero-order chi connectivity index (χ0) is 30.6. The van der Waals surface area contributed by atoms with Crippen molar-refractivity contribution >= 4 is 66.4 Å². The van der Waals surface area contributed by atoms with Gasteiger partial charge in [-0.3, -0.25) is 19.2 Å². The van der Waals surface area contributed by atoms with Gasteiger partial charge < -0.3 is 24.4 Å². The molecule has 2 unspecified atom stereocenters. The summed E-state index contributed by atoms with van der Waals surface area (Å²) in [6.45, 7) is 3.42. The Morgan fingerprint density at radius 3 is 1.71 bits per heavy atom. The molecule has 0 saturated heterocycles. The standard InChI is InChI=1S/C31H32O9S2/c1-16(30(34)35)8-21(32)28-12-19-10-18(23(38-3)14-26(19)41-28)6-5-7-40-25-11-20-13-29(22(33)9-17(2)31(36)37)42-27(20)15-24(25)39-4/h10-17H,5-9H2,1-4H3,(H,34,35)(H,36,37). The number of ketones is 2. The maximum absolute atomic E-state index is 12.6. The highest BCUT2D eigenvalue weighted by Gasteiger charge is 2.21. The molecule has 2 aromatic carbocycles. The van der Waals surface area contributed by atoms with Gasteiger partial charge in [-0.15, -0.1) is 22.7 Å². The summed E-state index contributed by atoms with van der Waals surface area (Å²) in [5.74, 6) is -2.12. The van der Waals surface area contributed by atoms with Gasteiger partial charge in [-0.25, -0.2) is 0 Å². The van der Waals surface area contributed by atoms with Crippen LogP contribution in [0.2, 0.25) is 0 Å². The number of thiophene rings is 2. The third kappa shape index (κ3) is 7.08. The summed E-state index contributed by atoms with van der Waals surface area (Å²) in [7, 11) is 3.14. The molecule has 0 aliphatic carbocycles. The molecule has 0 spiro atoms. The number of methoxy groups -OCH3 is 2. The van der Waals surface area contributed by atoms with Crippen LogP contribution in [0.15, 0.2) is 36.4 Å². The van der Waals surface area contributed by atoms with E-state index in [1.54, 1.807) is 26.4 Å². The van der Waals surface area contributed by atoms with Crippen molar-refractivity contribution in [3.8, 4) is 17.2 Å². The Morgan fingerprint density at radius 2 is 1.21 bits per heavy atom. The Labute approximate surface area is 250 Å². The van der Waals surface area contributed by atoms with E-state index < -0.39 is 23.8 Å². The number of aryl methyl sites for hydroxylation is 1. The molecule has 4 rings (SSSR count). The van der Waals surface area contributed by atoms with E-state index in [2.05, 4.69) is 0 Å². The first-order valence-electron chi connectivity index (χ1n) is 13.4. The van der Waals surface area contributed by atoms with Crippen LogP contribution in [0.3, 0.4) is 0 Å². The van der Waals surface area contributed by atoms with E-state index in [1.807, 2.05) is 24.3 Å². The predicted octanol–water partition coefficient (Wildman–Crippen LogP) is 6.73. The first-order valence-corrected chi connectivity index (χ1v) is 15.0. The number of rotatable bonds is 15. The van der Waals surface area contributed by atoms with Crippen molar-refractivity contribution < 1.29 is 43.6 Å². The van der Waals surface area contributed by atoms with Gasteiger partial charge in [0.05, 0.1) is 42.4 Å². The molecule has 0 amide bonds. The SMILES string of the molecule is COc1cc2sc(C(=O)CC(C)C(=O)O)cc2cc1CCCOc1cc2cc(C(=O)CC(C)C(=O)O)sc2cc1OC. The van der Waals surface area contributed by atoms with Gasteiger partial charge in [-0.1, -0.05) is 13.8 Å². The maximum Gasteiger partial charge on any atom is 0.306 e. The molecule has 4 aromatic rings. The number of carbonyl (C=O) groups excluding carboxylic acids is 2. The second-order valence-electron chi connectivity index (χ2n) is 10.1. The van der Waals surface area contributed by atoms with Gasteiger partial charge in [-0.05, 0) is 59.5 Å². The molecule has 2 N–H and O–H groups in total. The Kier molecular flexibility index (Phi) is 9.85. The fraction of sp³-hybridized carbons (Fsp3) is 0.355. The van der Waals surface area contributed by atoms with Crippen molar-refractivity contribution in [1.29, 1.82) is 0 Å². The molecule has 2 heterocycles. The van der Waals surface area contributed by atoms with Gasteiger partial charge in [0, 0.05) is 28.3 Å². The molecule has 9 nitrogen and oxygen atoms in total. The van der Waals surface area contributed by atoms with Crippen LogP contribution in [0, 0.1) is 11.8 Å². The van der Waals surface area contributed by atoms with Crippen LogP contribution in [-0.4, -0.2) is 54.5 Å². The number of carboxylic acids is 2. The van der Waals surface area contributed by atoms with Gasteiger partial charge in [0.15, 0.2) is 23.1 Å². The molecular weight excluding hydrogens is 580 g/mol. The lowest BCUT2D eigenvalue weighted by Gasteiger charge is -2.12. The highest BCUT2D eigenvalue weighted by Crippen LogP contribution is 2.38. The second-order valence-corrected chi connectivity index (χ2v) is 12.3. The van der Waals surface area contributed by atoms with E-state index in [-0.39, 0.29) is 24.4 Å². The van der Waals surface area contributed by atoms with E-state index in [4.69, 9.17) is 24.4 Å². The van der Waals surface area contributed by atoms with E-state index >= 15 is 0 Å². The molecule has 0 fully saturated rings. The van der Waals surface area contributed by atoms with Gasteiger partial charge in [0.1, 0.15) is 5.75 Å². The van der Waals surface area contributed by atoms with E-state index in [0.29, 0.717) is 46.5 Å². The Hall–Kier alpha value is -3.96. The van der Waals surface area contributed by atoms with Crippen LogP contribution in [0.5, 0.6) is 17.2 Å². The summed E-state index contributed by atoms with van der Waals surface area (Å²) in [6, 6.07) is 11.1. The van der Waals surface area contributed by atoms with Crippen LogP contribution in [0.25, 0.3) is 20.2 Å². The van der Waals surface area contributed by atoms with E-state index in [1.165, 1.54) is 36.5 Å². The van der Waals surface area contributed by atoms with E-state index in [9.17, 15) is 19.2 Å². The third-order valence-corrected chi connectivity index (χ3v) is 9.22. The molecule has 2 atom stereocenters. The highest BCUT2D eigenvalue weighted by molar-refractivity contribution is 7.21. The van der Waals surface area contributed by atoms with Crippen molar-refractivity contribution in [2.75, 3.05) is 20.8 Å². The van der Waals surface area contributed by atoms with Crippen LogP contribution in [0.1, 0.15) is 58.0 Å². The lowest BCUT2D eigenvalue weighted by molar-refractivity contribution is -0.141. The molecule has 0 radical (unpaired) electrons. The number of carboxylic acid groups (broad SMARTS) is 2. The van der Waals surface area contributed by atoms with Gasteiger partial charge in [0.2, 0.25) is 0 Å². The predicted molar refractivity (Wildman–Crippen MR) is 162 cm³/mol. The summed E-state index contributed by atoms with van der Waals surface area (Å²) in [6.07, 6.45) is 1.20. The monoisotopic (exact) mass is 612 g/mol. The van der Waals surface area contributed by atoms with Crippen molar-refractivity contribution in [3.63, 3.8) is 0 Å². The molecule has 0 bridgehead atoms. The van der Waals surface area contributed by atoms with Gasteiger partial charge in [0.25, 0.3) is 0 Å². The number of fused-ring (bicyclic) bond motifs is 2. The zero-order valence-electron chi connectivity index (χ0n) is 23.7. The average Bonchev–Trinajstić information content (AvgIpc) is 3.57. The molecule has 222 valence electrons. The molecule has 42 heavy (non-hydrogen) atoms. The summed E-state index contributed by atoms with van der Waals surface area (Å²) in [4.78, 5) is 48.5. The van der Waals surface area contributed by atoms with Crippen LogP contribution < -0.4 is 14.2 Å². The summed E-state index contributed by atoms with van der Waals surface area (Å²) < 4.78 is 18.9. The minimum Gasteiger partial charge on any atom is -0.496 e. The third-order valence-electron chi connectivity index (χ3n) is 6.95. The molecule has 0 aliphatic rings. The number of carbonyl (C=O) groups is 4. The highest BCUT2D eigenvalue weighted by atomic mass is 32.1. The Bertz CT molecular complexity index is 1530. The zero-order valence-corrected chi connectivity index (χ0v) is 25.4. The summed E-state index contributed by atoms with van der Waals surface area (Å²) in [5.41, 5.74) is 0.961. The molecule has 0 aliphatic heterocycles. The van der Waals surface area contributed by atoms with Crippen molar-refractivity contribution in [3.05, 3.63) is 51.7 Å². The molecule has 11 heteroatoms. The van der Waals surface area contributed by atoms with Gasteiger partial charge >= 0.3 is 11.9 Å². The van der Waals surface area contributed by atoms with Crippen LogP contribution >= 0.6 is 22.7 Å². The lowest BCUT2D eigenvalue weighted by atomic mass is 10.0. The number of benzene rings is 2. The average molecular weight is 613 g/mol. The first kappa shape index (κ1) is 31.0. The normalized spacial score (nSPS) is 12.7. The maximum atomic E-state index is 12.6. The van der Waals surface area contributed by atoms with Crippen molar-refractivity contribution in [2.24, 2.45) is 11.8 Å². The number of hydrogen-bond donors (Lipinski definition) is 2. The smallest absolute Gasteiger partial charge is 0.306 e. The largest absolute Gasteiger partial charge is 0.496 e. The fourth-order valence-electron chi connectivity index (χ4n) is 4.47. The number of ether oxygens (including phenoxy) is 3. The molecular formula is C31H32O9S2. The van der Waals surface area contributed by atoms with E-state index in [0.717, 1.165) is 25.7 Å². The Morgan fingerprint density at radius 1 is 0.714 bits per heavy atom. The molecule has 2 aromatic heterocycles. The minimum absolute atomic E-state index is 0.0499. The lowest BCUT2D eigenvalue weighted by Crippen LogP contribution is -2.13. The fourth-order valence-corrected chi connectivity index (χ4v) is 6.52. The minimum atomic E-state index is -1.00. The quantitative estimate of drug-likeness (QED) is 0.111. The topological polar surface area (TPSA) is 136 Å². The van der Waals surface area contributed by atoms with Crippen LogP contribution in [0.4, 0.5) is 0 Å². The number of Topliss-reactive ketones (excluding diaryl/α,β-unsaturated/α-hetero) is 2. The van der Waals surface area contributed by atoms with Crippen molar-refractivity contribution in [2.45, 2.75) is 39.5 Å². The number of hydrogen-bond acceptors (Lipinski definition) is 9. The summed E-state index contributed by atoms with van der Waals surface area (Å²) in [5, 5.41) is 20.0. The Balaban J connectivity index is 1.43. The van der Waals surface area contributed by atoms with Crippen LogP contribution in [-0.2, 0) is 16.0 Å². The number of aliphatic carboxylic acids is 2. The summed E-state index contributed by atoms with van der Waals surface area (Å²) >= 11 is 2.62.